The SMILES string of the molecule is Cc1sccc1C(O)c1ccc(CC(C)C)cc1. The Labute approximate surface area is 113 Å². The van der Waals surface area contributed by atoms with E-state index in [1.165, 1.54) is 10.4 Å². The lowest BCUT2D eigenvalue weighted by atomic mass is 9.98. The minimum absolute atomic E-state index is 0.496. The van der Waals surface area contributed by atoms with E-state index in [0.717, 1.165) is 17.5 Å². The minimum atomic E-state index is -0.496. The molecule has 1 aromatic carbocycles. The van der Waals surface area contributed by atoms with E-state index >= 15 is 0 Å². The molecule has 1 N–H and O–H groups in total. The lowest BCUT2D eigenvalue weighted by molar-refractivity contribution is 0.220. The van der Waals surface area contributed by atoms with Crippen molar-refractivity contribution in [2.75, 3.05) is 0 Å². The fourth-order valence-electron chi connectivity index (χ4n) is 2.17. The number of aryl methyl sites for hydroxylation is 1. The quantitative estimate of drug-likeness (QED) is 0.867. The Kier molecular flexibility index (Phi) is 4.20. The maximum Gasteiger partial charge on any atom is 0.105 e. The summed E-state index contributed by atoms with van der Waals surface area (Å²) in [6, 6.07) is 10.3. The standard InChI is InChI=1S/C16H20OS/c1-11(2)10-13-4-6-14(7-5-13)16(17)15-8-9-18-12(15)3/h4-9,11,16-17H,10H2,1-3H3. The third kappa shape index (κ3) is 3.01. The second-order valence-corrected chi connectivity index (χ2v) is 6.29. The van der Waals surface area contributed by atoms with E-state index in [4.69, 9.17) is 0 Å². The molecule has 2 aromatic rings. The summed E-state index contributed by atoms with van der Waals surface area (Å²) < 4.78 is 0. The van der Waals surface area contributed by atoms with Crippen LogP contribution >= 0.6 is 11.3 Å². The number of rotatable bonds is 4. The van der Waals surface area contributed by atoms with Gasteiger partial charge in [-0.2, -0.15) is 0 Å². The summed E-state index contributed by atoms with van der Waals surface area (Å²) in [6.45, 7) is 6.49. The fourth-order valence-corrected chi connectivity index (χ4v) is 2.90. The summed E-state index contributed by atoms with van der Waals surface area (Å²) >= 11 is 1.68. The third-order valence-corrected chi connectivity index (χ3v) is 3.99. The highest BCUT2D eigenvalue weighted by atomic mass is 32.1. The van der Waals surface area contributed by atoms with Crippen molar-refractivity contribution in [1.29, 1.82) is 0 Å². The normalized spacial score (nSPS) is 12.9. The third-order valence-electron chi connectivity index (χ3n) is 3.13. The molecule has 1 unspecified atom stereocenters. The monoisotopic (exact) mass is 260 g/mol. The largest absolute Gasteiger partial charge is 0.384 e. The molecule has 1 aromatic heterocycles. The topological polar surface area (TPSA) is 20.2 Å². The van der Waals surface area contributed by atoms with Gasteiger partial charge < -0.3 is 5.11 Å². The Hall–Kier alpha value is -1.12. The van der Waals surface area contributed by atoms with Crippen molar-refractivity contribution in [1.82, 2.24) is 0 Å². The van der Waals surface area contributed by atoms with Gasteiger partial charge in [0.2, 0.25) is 0 Å². The van der Waals surface area contributed by atoms with Gasteiger partial charge in [-0.3, -0.25) is 0 Å². The van der Waals surface area contributed by atoms with Crippen LogP contribution < -0.4 is 0 Å². The average molecular weight is 260 g/mol. The molecular weight excluding hydrogens is 240 g/mol. The van der Waals surface area contributed by atoms with Crippen LogP contribution in [0.25, 0.3) is 0 Å². The molecular formula is C16H20OS. The van der Waals surface area contributed by atoms with Crippen LogP contribution in [-0.2, 0) is 6.42 Å². The van der Waals surface area contributed by atoms with Gasteiger partial charge in [-0.1, -0.05) is 38.1 Å². The van der Waals surface area contributed by atoms with Crippen molar-refractivity contribution in [3.05, 3.63) is 57.3 Å². The smallest absolute Gasteiger partial charge is 0.105 e. The molecule has 0 amide bonds. The number of benzene rings is 1. The second-order valence-electron chi connectivity index (χ2n) is 5.17. The van der Waals surface area contributed by atoms with Gasteiger partial charge in [0.15, 0.2) is 0 Å². The molecule has 0 spiro atoms. The zero-order valence-electron chi connectivity index (χ0n) is 11.2. The molecule has 96 valence electrons. The highest BCUT2D eigenvalue weighted by Gasteiger charge is 2.13. The molecule has 1 heterocycles. The molecule has 2 heteroatoms. The van der Waals surface area contributed by atoms with Crippen LogP contribution in [0.5, 0.6) is 0 Å². The predicted octanol–water partition coefficient (Wildman–Crippen LogP) is 4.34. The molecule has 0 bridgehead atoms. The van der Waals surface area contributed by atoms with Crippen LogP contribution in [0.2, 0.25) is 0 Å². The summed E-state index contributed by atoms with van der Waals surface area (Å²) in [5, 5.41) is 12.4. The molecule has 18 heavy (non-hydrogen) atoms. The Morgan fingerprint density at radius 1 is 1.11 bits per heavy atom. The Bertz CT molecular complexity index is 496. The Morgan fingerprint density at radius 2 is 1.78 bits per heavy atom. The average Bonchev–Trinajstić information content (AvgIpc) is 2.75. The molecule has 0 saturated heterocycles. The minimum Gasteiger partial charge on any atom is -0.384 e. The first-order valence-electron chi connectivity index (χ1n) is 6.39. The lowest BCUT2D eigenvalue weighted by Gasteiger charge is -2.12. The van der Waals surface area contributed by atoms with Crippen molar-refractivity contribution >= 4 is 11.3 Å². The molecule has 0 fully saturated rings. The van der Waals surface area contributed by atoms with Gasteiger partial charge in [-0.15, -0.1) is 11.3 Å². The first kappa shape index (κ1) is 13.3. The van der Waals surface area contributed by atoms with Gasteiger partial charge in [0.1, 0.15) is 6.10 Å². The summed E-state index contributed by atoms with van der Waals surface area (Å²) in [7, 11) is 0. The Morgan fingerprint density at radius 3 is 2.28 bits per heavy atom. The summed E-state index contributed by atoms with van der Waals surface area (Å²) in [5.41, 5.74) is 3.34. The number of hydrogen-bond acceptors (Lipinski definition) is 2. The van der Waals surface area contributed by atoms with E-state index in [2.05, 4.69) is 32.9 Å². The first-order valence-corrected chi connectivity index (χ1v) is 7.26. The van der Waals surface area contributed by atoms with Gasteiger partial charge in [0, 0.05) is 4.88 Å². The van der Waals surface area contributed by atoms with Gasteiger partial charge in [0.25, 0.3) is 0 Å². The molecule has 2 rings (SSSR count). The van der Waals surface area contributed by atoms with E-state index in [1.807, 2.05) is 23.6 Å². The zero-order valence-corrected chi connectivity index (χ0v) is 12.0. The van der Waals surface area contributed by atoms with Crippen LogP contribution in [0.1, 0.15) is 41.5 Å². The van der Waals surface area contributed by atoms with Crippen LogP contribution in [0, 0.1) is 12.8 Å². The molecule has 0 aliphatic rings. The van der Waals surface area contributed by atoms with Crippen LogP contribution in [0.3, 0.4) is 0 Å². The lowest BCUT2D eigenvalue weighted by Crippen LogP contribution is -2.00. The first-order chi connectivity index (χ1) is 8.58. The maximum atomic E-state index is 10.3. The van der Waals surface area contributed by atoms with Crippen molar-refractivity contribution in [2.24, 2.45) is 5.92 Å². The van der Waals surface area contributed by atoms with Crippen LogP contribution in [0.15, 0.2) is 35.7 Å². The number of hydrogen-bond donors (Lipinski definition) is 1. The van der Waals surface area contributed by atoms with E-state index in [9.17, 15) is 5.11 Å². The van der Waals surface area contributed by atoms with Crippen LogP contribution in [0.4, 0.5) is 0 Å². The molecule has 0 aliphatic carbocycles. The van der Waals surface area contributed by atoms with E-state index in [1.54, 1.807) is 11.3 Å². The van der Waals surface area contributed by atoms with Crippen molar-refractivity contribution < 1.29 is 5.11 Å². The highest BCUT2D eigenvalue weighted by molar-refractivity contribution is 7.10. The molecule has 1 atom stereocenters. The summed E-state index contributed by atoms with van der Waals surface area (Å²) in [5.74, 6) is 0.667. The van der Waals surface area contributed by atoms with Gasteiger partial charge in [-0.05, 0) is 47.4 Å². The van der Waals surface area contributed by atoms with E-state index in [0.29, 0.717) is 5.92 Å². The predicted molar refractivity (Wildman–Crippen MR) is 78.1 cm³/mol. The van der Waals surface area contributed by atoms with E-state index < -0.39 is 6.10 Å². The Balaban J connectivity index is 2.17. The molecule has 0 aliphatic heterocycles. The van der Waals surface area contributed by atoms with Gasteiger partial charge in [0.05, 0.1) is 0 Å². The second kappa shape index (κ2) is 5.68. The van der Waals surface area contributed by atoms with Crippen molar-refractivity contribution in [2.45, 2.75) is 33.3 Å². The highest BCUT2D eigenvalue weighted by Crippen LogP contribution is 2.28. The van der Waals surface area contributed by atoms with E-state index in [-0.39, 0.29) is 0 Å². The molecule has 1 nitrogen and oxygen atoms in total. The number of aliphatic hydroxyl groups excluding tert-OH is 1. The zero-order chi connectivity index (χ0) is 13.1. The van der Waals surface area contributed by atoms with Crippen molar-refractivity contribution in [3.63, 3.8) is 0 Å². The van der Waals surface area contributed by atoms with Crippen LogP contribution in [-0.4, -0.2) is 5.11 Å². The fraction of sp³-hybridized carbons (Fsp3) is 0.375. The number of aliphatic hydroxyl groups is 1. The van der Waals surface area contributed by atoms with Gasteiger partial charge in [-0.25, -0.2) is 0 Å². The summed E-state index contributed by atoms with van der Waals surface area (Å²) in [4.78, 5) is 1.19. The van der Waals surface area contributed by atoms with Gasteiger partial charge >= 0.3 is 0 Å². The number of thiophene rings is 1. The van der Waals surface area contributed by atoms with Crippen molar-refractivity contribution in [3.8, 4) is 0 Å². The molecule has 0 saturated carbocycles. The maximum absolute atomic E-state index is 10.3. The molecule has 0 radical (unpaired) electrons. The summed E-state index contributed by atoms with van der Waals surface area (Å²) in [6.07, 6.45) is 0.595.